The lowest BCUT2D eigenvalue weighted by molar-refractivity contribution is -0.123. The van der Waals surface area contributed by atoms with Crippen LogP contribution >= 0.6 is 15.9 Å². The fraction of sp³-hybridized carbons (Fsp3) is 0.156. The second-order valence-electron chi connectivity index (χ2n) is 9.56. The standard InChI is InChI=1S/C32H31BrN4O6S/c1-23-8-12-26(13-9-23)37(44(40,41)28-16-17-30(42-2)29(33)18-28)21-31(38)36-35-20-25-10-14-27(15-11-25)43-22-32(39)34-19-24-6-4-3-5-7-24/h3-18,20H,19,21-22H2,1-2H3,(H,34,39)(H,36,38)/b35-20-. The summed E-state index contributed by atoms with van der Waals surface area (Å²) in [7, 11) is -2.65. The number of ether oxygens (including phenoxy) is 2. The number of hydrazone groups is 1. The molecule has 0 bridgehead atoms. The Balaban J connectivity index is 1.35. The second kappa shape index (κ2) is 15.2. The van der Waals surface area contributed by atoms with Crippen LogP contribution in [0.25, 0.3) is 0 Å². The third-order valence-corrected chi connectivity index (χ3v) is 8.70. The van der Waals surface area contributed by atoms with E-state index in [9.17, 15) is 18.0 Å². The lowest BCUT2D eigenvalue weighted by Gasteiger charge is -2.24. The first-order valence-electron chi connectivity index (χ1n) is 13.4. The van der Waals surface area contributed by atoms with Gasteiger partial charge in [-0.15, -0.1) is 0 Å². The summed E-state index contributed by atoms with van der Waals surface area (Å²) in [5.74, 6) is 0.0787. The van der Waals surface area contributed by atoms with Crippen LogP contribution in [0.15, 0.2) is 112 Å². The van der Waals surface area contributed by atoms with E-state index in [0.29, 0.717) is 33.8 Å². The molecule has 0 fully saturated rings. The molecule has 0 saturated carbocycles. The Bertz CT molecular complexity index is 1710. The molecule has 12 heteroatoms. The average molecular weight is 680 g/mol. The average Bonchev–Trinajstić information content (AvgIpc) is 3.03. The van der Waals surface area contributed by atoms with Gasteiger partial charge < -0.3 is 14.8 Å². The first-order valence-corrected chi connectivity index (χ1v) is 15.7. The van der Waals surface area contributed by atoms with E-state index in [2.05, 4.69) is 31.8 Å². The third-order valence-electron chi connectivity index (χ3n) is 6.31. The number of benzene rings is 4. The molecule has 44 heavy (non-hydrogen) atoms. The molecule has 0 aliphatic carbocycles. The zero-order chi connectivity index (χ0) is 31.5. The summed E-state index contributed by atoms with van der Waals surface area (Å²) < 4.78 is 39.5. The van der Waals surface area contributed by atoms with Gasteiger partial charge in [-0.2, -0.15) is 5.10 Å². The highest BCUT2D eigenvalue weighted by Gasteiger charge is 2.28. The summed E-state index contributed by atoms with van der Waals surface area (Å²) in [5, 5.41) is 6.77. The molecule has 0 aliphatic heterocycles. The van der Waals surface area contributed by atoms with Crippen LogP contribution < -0.4 is 24.5 Å². The van der Waals surface area contributed by atoms with Crippen molar-refractivity contribution in [2.45, 2.75) is 18.4 Å². The number of nitrogens with zero attached hydrogens (tertiary/aromatic N) is 2. The number of hydrogen-bond donors (Lipinski definition) is 2. The van der Waals surface area contributed by atoms with Crippen molar-refractivity contribution in [1.29, 1.82) is 0 Å². The van der Waals surface area contributed by atoms with Crippen LogP contribution in [0.5, 0.6) is 11.5 Å². The van der Waals surface area contributed by atoms with Gasteiger partial charge in [-0.1, -0.05) is 48.0 Å². The minimum absolute atomic E-state index is 0.0157. The molecule has 0 spiro atoms. The minimum Gasteiger partial charge on any atom is -0.496 e. The Hall–Kier alpha value is -4.68. The summed E-state index contributed by atoms with van der Waals surface area (Å²) in [6.07, 6.45) is 1.42. The van der Waals surface area contributed by atoms with Crippen molar-refractivity contribution in [3.8, 4) is 11.5 Å². The molecular formula is C32H31BrN4O6S. The first-order chi connectivity index (χ1) is 21.2. The van der Waals surface area contributed by atoms with Crippen molar-refractivity contribution in [3.63, 3.8) is 0 Å². The van der Waals surface area contributed by atoms with Crippen molar-refractivity contribution < 1.29 is 27.5 Å². The van der Waals surface area contributed by atoms with Crippen LogP contribution in [0.3, 0.4) is 0 Å². The number of carbonyl (C=O) groups excluding carboxylic acids is 2. The fourth-order valence-electron chi connectivity index (χ4n) is 3.95. The van der Waals surface area contributed by atoms with Gasteiger partial charge in [0, 0.05) is 6.54 Å². The maximum atomic E-state index is 13.6. The molecule has 0 saturated heterocycles. The molecule has 2 amide bonds. The molecule has 0 atom stereocenters. The summed E-state index contributed by atoms with van der Waals surface area (Å²) in [5.41, 5.74) is 5.30. The Kier molecular flexibility index (Phi) is 11.1. The lowest BCUT2D eigenvalue weighted by Crippen LogP contribution is -2.39. The SMILES string of the molecule is COc1ccc(S(=O)(=O)N(CC(=O)N/N=C\c2ccc(OCC(=O)NCc3ccccc3)cc2)c2ccc(C)cc2)cc1Br. The van der Waals surface area contributed by atoms with E-state index in [1.807, 2.05) is 37.3 Å². The number of halogens is 1. The number of sulfonamides is 1. The Morgan fingerprint density at radius 2 is 1.64 bits per heavy atom. The smallest absolute Gasteiger partial charge is 0.264 e. The van der Waals surface area contributed by atoms with Gasteiger partial charge in [0.25, 0.3) is 21.8 Å². The fourth-order valence-corrected chi connectivity index (χ4v) is 6.09. The van der Waals surface area contributed by atoms with E-state index < -0.39 is 22.5 Å². The number of rotatable bonds is 13. The van der Waals surface area contributed by atoms with Crippen molar-refractivity contribution in [3.05, 3.63) is 118 Å². The summed E-state index contributed by atoms with van der Waals surface area (Å²) in [6.45, 7) is 1.65. The maximum absolute atomic E-state index is 13.6. The Morgan fingerprint density at radius 3 is 2.30 bits per heavy atom. The molecule has 0 radical (unpaired) electrons. The molecule has 10 nitrogen and oxygen atoms in total. The van der Waals surface area contributed by atoms with Crippen molar-refractivity contribution >= 4 is 49.7 Å². The van der Waals surface area contributed by atoms with E-state index in [-0.39, 0.29) is 17.4 Å². The van der Waals surface area contributed by atoms with Crippen LogP contribution in [0.4, 0.5) is 5.69 Å². The van der Waals surface area contributed by atoms with Crippen LogP contribution in [-0.4, -0.2) is 46.7 Å². The van der Waals surface area contributed by atoms with Crippen LogP contribution in [0.1, 0.15) is 16.7 Å². The zero-order valence-corrected chi connectivity index (χ0v) is 26.5. The number of methoxy groups -OCH3 is 1. The number of nitrogens with one attached hydrogen (secondary N) is 2. The van der Waals surface area contributed by atoms with Crippen LogP contribution in [0.2, 0.25) is 0 Å². The van der Waals surface area contributed by atoms with E-state index in [1.165, 1.54) is 31.5 Å². The number of carbonyl (C=O) groups is 2. The predicted molar refractivity (Wildman–Crippen MR) is 172 cm³/mol. The summed E-state index contributed by atoms with van der Waals surface area (Å²) >= 11 is 3.32. The zero-order valence-electron chi connectivity index (χ0n) is 24.1. The minimum atomic E-state index is -4.13. The highest BCUT2D eigenvalue weighted by molar-refractivity contribution is 9.10. The maximum Gasteiger partial charge on any atom is 0.264 e. The molecule has 0 aliphatic rings. The summed E-state index contributed by atoms with van der Waals surface area (Å²) in [6, 6.07) is 27.5. The van der Waals surface area contributed by atoms with Gasteiger partial charge in [0.15, 0.2) is 6.61 Å². The van der Waals surface area contributed by atoms with Crippen molar-refractivity contribution in [1.82, 2.24) is 10.7 Å². The van der Waals surface area contributed by atoms with Gasteiger partial charge in [-0.3, -0.25) is 13.9 Å². The van der Waals surface area contributed by atoms with E-state index in [4.69, 9.17) is 9.47 Å². The molecule has 0 unspecified atom stereocenters. The lowest BCUT2D eigenvalue weighted by atomic mass is 10.2. The highest BCUT2D eigenvalue weighted by atomic mass is 79.9. The van der Waals surface area contributed by atoms with Crippen LogP contribution in [0, 0.1) is 6.92 Å². The molecule has 4 aromatic carbocycles. The predicted octanol–water partition coefficient (Wildman–Crippen LogP) is 4.81. The van der Waals surface area contributed by atoms with Crippen molar-refractivity contribution in [2.24, 2.45) is 5.10 Å². The molecule has 0 aromatic heterocycles. The Morgan fingerprint density at radius 1 is 0.932 bits per heavy atom. The molecule has 2 N–H and O–H groups in total. The monoisotopic (exact) mass is 678 g/mol. The number of amides is 2. The molecule has 4 rings (SSSR count). The number of anilines is 1. The molecular weight excluding hydrogens is 648 g/mol. The van der Waals surface area contributed by atoms with Crippen molar-refractivity contribution in [2.75, 3.05) is 24.6 Å². The van der Waals surface area contributed by atoms with E-state index in [0.717, 1.165) is 15.4 Å². The van der Waals surface area contributed by atoms with Gasteiger partial charge in [-0.05, 0) is 88.6 Å². The molecule has 0 heterocycles. The summed E-state index contributed by atoms with van der Waals surface area (Å²) in [4.78, 5) is 24.9. The first kappa shape index (κ1) is 32.2. The quantitative estimate of drug-likeness (QED) is 0.154. The van der Waals surface area contributed by atoms with Crippen LogP contribution in [-0.2, 0) is 26.2 Å². The van der Waals surface area contributed by atoms with Gasteiger partial charge in [0.1, 0.15) is 18.0 Å². The molecule has 228 valence electrons. The number of hydrogen-bond acceptors (Lipinski definition) is 7. The van der Waals surface area contributed by atoms with Gasteiger partial charge >= 0.3 is 0 Å². The molecule has 4 aromatic rings. The normalized spacial score (nSPS) is 11.2. The topological polar surface area (TPSA) is 126 Å². The van der Waals surface area contributed by atoms with Gasteiger partial charge in [-0.25, -0.2) is 13.8 Å². The van der Waals surface area contributed by atoms with E-state index in [1.54, 1.807) is 48.5 Å². The highest BCUT2D eigenvalue weighted by Crippen LogP contribution is 2.30. The Labute approximate surface area is 264 Å². The largest absolute Gasteiger partial charge is 0.496 e. The number of aryl methyl sites for hydroxylation is 1. The third kappa shape index (κ3) is 8.91. The second-order valence-corrected chi connectivity index (χ2v) is 12.3. The van der Waals surface area contributed by atoms with Gasteiger partial charge in [0.05, 0.1) is 28.4 Å². The van der Waals surface area contributed by atoms with Gasteiger partial charge in [0.2, 0.25) is 0 Å². The van der Waals surface area contributed by atoms with E-state index >= 15 is 0 Å².